The van der Waals surface area contributed by atoms with Gasteiger partial charge in [0.05, 0.1) is 10.4 Å². The van der Waals surface area contributed by atoms with E-state index >= 15 is 0 Å². The SMILES string of the molecule is CC(C)(C)OC(=O)N1CCN(c2ccc3c(c2)c(C=O)cn3S(=O)(=O)c2cccc(F)c2)CC1. The van der Waals surface area contributed by atoms with Crippen LogP contribution >= 0.6 is 0 Å². The number of halogens is 1. The summed E-state index contributed by atoms with van der Waals surface area (Å²) in [6, 6.07) is 9.91. The van der Waals surface area contributed by atoms with Gasteiger partial charge in [-0.05, 0) is 57.2 Å². The van der Waals surface area contributed by atoms with Gasteiger partial charge in [0.15, 0.2) is 6.29 Å². The van der Waals surface area contributed by atoms with Gasteiger partial charge in [-0.1, -0.05) is 6.07 Å². The lowest BCUT2D eigenvalue weighted by molar-refractivity contribution is 0.0240. The van der Waals surface area contributed by atoms with Gasteiger partial charge in [-0.25, -0.2) is 21.6 Å². The summed E-state index contributed by atoms with van der Waals surface area (Å²) in [6.45, 7) is 7.53. The molecule has 0 bridgehead atoms. The van der Waals surface area contributed by atoms with Crippen molar-refractivity contribution in [1.82, 2.24) is 8.87 Å². The Kier molecular flexibility index (Phi) is 6.11. The van der Waals surface area contributed by atoms with E-state index in [-0.39, 0.29) is 16.6 Å². The lowest BCUT2D eigenvalue weighted by atomic mass is 10.1. The molecular weight excluding hydrogens is 461 g/mol. The number of piperazine rings is 1. The highest BCUT2D eigenvalue weighted by Gasteiger charge is 2.27. The van der Waals surface area contributed by atoms with Crippen molar-refractivity contribution in [3.05, 3.63) is 60.0 Å². The summed E-state index contributed by atoms with van der Waals surface area (Å²) in [5.41, 5.74) is 0.774. The number of fused-ring (bicyclic) bond motifs is 1. The molecule has 0 saturated carbocycles. The van der Waals surface area contributed by atoms with Crippen LogP contribution in [0, 0.1) is 5.82 Å². The molecule has 3 aromatic rings. The maximum Gasteiger partial charge on any atom is 0.410 e. The first-order valence-corrected chi connectivity index (χ1v) is 12.3. The summed E-state index contributed by atoms with van der Waals surface area (Å²) in [7, 11) is -4.10. The second-order valence-electron chi connectivity index (χ2n) is 9.12. The Labute approximate surface area is 197 Å². The van der Waals surface area contributed by atoms with Gasteiger partial charge in [0.2, 0.25) is 0 Å². The van der Waals surface area contributed by atoms with Crippen molar-refractivity contribution < 1.29 is 27.1 Å². The summed E-state index contributed by atoms with van der Waals surface area (Å²) in [6.07, 6.45) is 1.50. The maximum atomic E-state index is 13.6. The molecule has 0 unspecified atom stereocenters. The Hall–Kier alpha value is -3.40. The van der Waals surface area contributed by atoms with E-state index in [1.165, 1.54) is 24.4 Å². The Balaban J connectivity index is 1.61. The van der Waals surface area contributed by atoms with Crippen LogP contribution in [-0.4, -0.2) is 61.4 Å². The smallest absolute Gasteiger partial charge is 0.410 e. The molecule has 1 amide bonds. The van der Waals surface area contributed by atoms with Crippen LogP contribution in [0.1, 0.15) is 31.1 Å². The first-order chi connectivity index (χ1) is 16.0. The van der Waals surface area contributed by atoms with Gasteiger partial charge in [-0.2, -0.15) is 0 Å². The predicted octanol–water partition coefficient (Wildman–Crippen LogP) is 3.89. The van der Waals surface area contributed by atoms with Crippen molar-refractivity contribution in [2.24, 2.45) is 0 Å². The van der Waals surface area contributed by atoms with Crippen LogP contribution in [0.3, 0.4) is 0 Å². The third kappa shape index (κ3) is 4.63. The normalized spacial score (nSPS) is 14.9. The molecule has 0 atom stereocenters. The van der Waals surface area contributed by atoms with Gasteiger partial charge in [0.1, 0.15) is 11.4 Å². The number of carbonyl (C=O) groups is 2. The number of ether oxygens (including phenoxy) is 1. The highest BCUT2D eigenvalue weighted by Crippen LogP contribution is 2.30. The number of aromatic nitrogens is 1. The molecule has 0 N–H and O–H groups in total. The number of hydrogen-bond acceptors (Lipinski definition) is 6. The predicted molar refractivity (Wildman–Crippen MR) is 126 cm³/mol. The number of carbonyl (C=O) groups excluding carboxylic acids is 2. The van der Waals surface area contributed by atoms with Crippen molar-refractivity contribution >= 4 is 39.0 Å². The zero-order valence-corrected chi connectivity index (χ0v) is 20.0. The molecule has 1 fully saturated rings. The third-order valence-corrected chi connectivity index (χ3v) is 7.23. The minimum atomic E-state index is -4.10. The van der Waals surface area contributed by atoms with Gasteiger partial charge in [-0.3, -0.25) is 4.79 Å². The number of aldehydes is 1. The highest BCUT2D eigenvalue weighted by atomic mass is 32.2. The summed E-state index contributed by atoms with van der Waals surface area (Å²) in [4.78, 5) is 27.6. The van der Waals surface area contributed by atoms with E-state index in [9.17, 15) is 22.4 Å². The molecular formula is C24H26FN3O5S. The second kappa shape index (κ2) is 8.75. The van der Waals surface area contributed by atoms with Gasteiger partial charge in [-0.15, -0.1) is 0 Å². The lowest BCUT2D eigenvalue weighted by Crippen LogP contribution is -2.50. The number of anilines is 1. The van der Waals surface area contributed by atoms with Crippen molar-refractivity contribution in [2.75, 3.05) is 31.1 Å². The van der Waals surface area contributed by atoms with Crippen molar-refractivity contribution in [2.45, 2.75) is 31.3 Å². The molecule has 0 aliphatic carbocycles. The molecule has 2 aromatic carbocycles. The first-order valence-electron chi connectivity index (χ1n) is 10.8. The van der Waals surface area contributed by atoms with Crippen molar-refractivity contribution in [1.29, 1.82) is 0 Å². The van der Waals surface area contributed by atoms with Crippen LogP contribution in [0.2, 0.25) is 0 Å². The number of nitrogens with zero attached hydrogens (tertiary/aromatic N) is 3. The Morgan fingerprint density at radius 1 is 1.06 bits per heavy atom. The molecule has 180 valence electrons. The van der Waals surface area contributed by atoms with Crippen LogP contribution < -0.4 is 4.90 Å². The highest BCUT2D eigenvalue weighted by molar-refractivity contribution is 7.90. The van der Waals surface area contributed by atoms with Crippen LogP contribution in [0.25, 0.3) is 10.9 Å². The van der Waals surface area contributed by atoms with Crippen LogP contribution in [0.4, 0.5) is 14.9 Å². The van der Waals surface area contributed by atoms with E-state index < -0.39 is 21.4 Å². The second-order valence-corrected chi connectivity index (χ2v) is 10.9. The van der Waals surface area contributed by atoms with E-state index in [2.05, 4.69) is 4.90 Å². The first kappa shape index (κ1) is 23.7. The summed E-state index contributed by atoms with van der Waals surface area (Å²) in [5, 5.41) is 0.474. The molecule has 1 saturated heterocycles. The summed E-state index contributed by atoms with van der Waals surface area (Å²) in [5.74, 6) is -0.666. The van der Waals surface area contributed by atoms with Gasteiger partial charge >= 0.3 is 6.09 Å². The third-order valence-electron chi connectivity index (χ3n) is 5.56. The van der Waals surface area contributed by atoms with Crippen molar-refractivity contribution in [3.63, 3.8) is 0 Å². The molecule has 8 nitrogen and oxygen atoms in total. The van der Waals surface area contributed by atoms with E-state index in [0.717, 1.165) is 15.7 Å². The van der Waals surface area contributed by atoms with E-state index in [4.69, 9.17) is 4.74 Å². The average molecular weight is 488 g/mol. The monoisotopic (exact) mass is 487 g/mol. The maximum absolute atomic E-state index is 13.6. The van der Waals surface area contributed by atoms with Gasteiger partial charge in [0, 0.05) is 49.0 Å². The quantitative estimate of drug-likeness (QED) is 0.519. The minimum absolute atomic E-state index is 0.204. The number of amides is 1. The zero-order valence-electron chi connectivity index (χ0n) is 19.2. The zero-order chi connectivity index (χ0) is 24.7. The summed E-state index contributed by atoms with van der Waals surface area (Å²) < 4.78 is 46.4. The fraction of sp³-hybridized carbons (Fsp3) is 0.333. The molecule has 0 radical (unpaired) electrons. The minimum Gasteiger partial charge on any atom is -0.444 e. The molecule has 1 aromatic heterocycles. The topological polar surface area (TPSA) is 88.9 Å². The van der Waals surface area contributed by atoms with E-state index in [1.54, 1.807) is 23.1 Å². The summed E-state index contributed by atoms with van der Waals surface area (Å²) >= 11 is 0. The number of benzene rings is 2. The molecule has 0 spiro atoms. The van der Waals surface area contributed by atoms with E-state index in [1.807, 2.05) is 20.8 Å². The lowest BCUT2D eigenvalue weighted by Gasteiger charge is -2.36. The number of rotatable bonds is 4. The molecule has 34 heavy (non-hydrogen) atoms. The van der Waals surface area contributed by atoms with Gasteiger partial charge in [0.25, 0.3) is 10.0 Å². The Morgan fingerprint density at radius 2 is 1.76 bits per heavy atom. The average Bonchev–Trinajstić information content (AvgIpc) is 3.17. The van der Waals surface area contributed by atoms with Crippen LogP contribution in [0.15, 0.2) is 53.6 Å². The van der Waals surface area contributed by atoms with Crippen LogP contribution in [0.5, 0.6) is 0 Å². The Bertz CT molecular complexity index is 1350. The molecule has 4 rings (SSSR count). The van der Waals surface area contributed by atoms with Crippen molar-refractivity contribution in [3.8, 4) is 0 Å². The van der Waals surface area contributed by atoms with Crippen LogP contribution in [-0.2, 0) is 14.8 Å². The van der Waals surface area contributed by atoms with E-state index in [0.29, 0.717) is 43.4 Å². The molecule has 2 heterocycles. The molecule has 1 aliphatic heterocycles. The molecule has 10 heteroatoms. The van der Waals surface area contributed by atoms with Gasteiger partial charge < -0.3 is 14.5 Å². The fourth-order valence-corrected chi connectivity index (χ4v) is 5.33. The fourth-order valence-electron chi connectivity index (χ4n) is 3.92. The number of hydrogen-bond donors (Lipinski definition) is 0. The standard InChI is InChI=1S/C24H26FN3O5S/c1-24(2,3)33-23(30)27-11-9-26(10-12-27)19-7-8-22-21(14-19)17(16-29)15-28(22)34(31,32)20-6-4-5-18(25)13-20/h4-8,13-16H,9-12H2,1-3H3. The molecule has 1 aliphatic rings. The largest absolute Gasteiger partial charge is 0.444 e. The Morgan fingerprint density at radius 3 is 2.38 bits per heavy atom.